The molecule has 1 heterocycles. The lowest BCUT2D eigenvalue weighted by molar-refractivity contribution is -0.121. The maximum absolute atomic E-state index is 11.2. The Kier molecular flexibility index (Phi) is 2.65. The van der Waals surface area contributed by atoms with Crippen LogP contribution in [0.5, 0.6) is 0 Å². The van der Waals surface area contributed by atoms with Gasteiger partial charge in [0.25, 0.3) is 5.91 Å². The number of nitrogens with zero attached hydrogens (tertiary/aromatic N) is 1. The summed E-state index contributed by atoms with van der Waals surface area (Å²) in [6, 6.07) is 0. The minimum Gasteiger partial charge on any atom is -0.279 e. The lowest BCUT2D eigenvalue weighted by Gasteiger charge is -2.16. The third kappa shape index (κ3) is 1.85. The number of hydrogen-bond donors (Lipinski definition) is 0. The molecule has 0 aromatic carbocycles. The third-order valence-corrected chi connectivity index (χ3v) is 1.64. The number of hydrogen-bond acceptors (Lipinski definition) is 1. The van der Waals surface area contributed by atoms with E-state index in [1.165, 1.54) is 11.0 Å². The normalized spacial score (nSPS) is 15.8. The number of amides is 1. The van der Waals surface area contributed by atoms with Gasteiger partial charge in [0.2, 0.25) is 0 Å². The van der Waals surface area contributed by atoms with Crippen LogP contribution in [0.3, 0.4) is 0 Å². The summed E-state index contributed by atoms with van der Waals surface area (Å²) in [6.45, 7) is 11.0. The fourth-order valence-electron chi connectivity index (χ4n) is 1.04. The summed E-state index contributed by atoms with van der Waals surface area (Å²) >= 11 is 0. The van der Waals surface area contributed by atoms with Crippen molar-refractivity contribution >= 4 is 5.91 Å². The minimum absolute atomic E-state index is 0.108. The second kappa shape index (κ2) is 3.72. The molecule has 0 aliphatic carbocycles. The average Bonchev–Trinajstić information content (AvgIpc) is 2.42. The van der Waals surface area contributed by atoms with E-state index >= 15 is 0 Å². The van der Waals surface area contributed by atoms with Crippen molar-refractivity contribution < 1.29 is 4.79 Å². The van der Waals surface area contributed by atoms with Gasteiger partial charge in [-0.3, -0.25) is 9.69 Å². The van der Waals surface area contributed by atoms with Crippen molar-refractivity contribution in [3.05, 3.63) is 61.5 Å². The van der Waals surface area contributed by atoms with Gasteiger partial charge in [-0.2, -0.15) is 0 Å². The van der Waals surface area contributed by atoms with E-state index in [1.807, 2.05) is 0 Å². The van der Waals surface area contributed by atoms with Gasteiger partial charge in [0.05, 0.1) is 0 Å². The highest BCUT2D eigenvalue weighted by molar-refractivity contribution is 5.94. The first-order chi connectivity index (χ1) is 6.16. The molecule has 0 fully saturated rings. The van der Waals surface area contributed by atoms with Crippen LogP contribution in [-0.4, -0.2) is 10.8 Å². The van der Waals surface area contributed by atoms with Crippen molar-refractivity contribution in [3.63, 3.8) is 0 Å². The molecule has 1 amide bonds. The van der Waals surface area contributed by atoms with Crippen molar-refractivity contribution in [2.75, 3.05) is 0 Å². The number of rotatable bonds is 3. The van der Waals surface area contributed by atoms with Crippen LogP contribution in [-0.2, 0) is 4.79 Å². The van der Waals surface area contributed by atoms with E-state index in [0.717, 1.165) is 0 Å². The van der Waals surface area contributed by atoms with Crippen molar-refractivity contribution in [1.82, 2.24) is 4.90 Å². The van der Waals surface area contributed by atoms with E-state index < -0.39 is 0 Å². The van der Waals surface area contributed by atoms with Gasteiger partial charge in [-0.15, -0.1) is 0 Å². The summed E-state index contributed by atoms with van der Waals surface area (Å²) in [4.78, 5) is 12.7. The molecule has 0 aromatic rings. The zero-order chi connectivity index (χ0) is 9.84. The Morgan fingerprint density at radius 2 is 2.15 bits per heavy atom. The second-order valence-corrected chi connectivity index (χ2v) is 2.58. The maximum Gasteiger partial charge on any atom is 0.255 e. The maximum atomic E-state index is 11.2. The predicted octanol–water partition coefficient (Wildman–Crippen LogP) is 2.15. The van der Waals surface area contributed by atoms with Crippen LogP contribution in [0.15, 0.2) is 61.5 Å². The van der Waals surface area contributed by atoms with Crippen LogP contribution in [0.25, 0.3) is 0 Å². The van der Waals surface area contributed by atoms with Crippen molar-refractivity contribution in [1.29, 1.82) is 0 Å². The van der Waals surface area contributed by atoms with Gasteiger partial charge in [0, 0.05) is 17.5 Å². The summed E-state index contributed by atoms with van der Waals surface area (Å²) in [6.07, 6.45) is 8.19. The molecule has 0 saturated heterocycles. The Balaban J connectivity index is 2.78. The molecule has 2 nitrogen and oxygen atoms in total. The standard InChI is InChI=1S/C11H11NO/c1-4-5-6-9(2)12-10(3)7-8-11(12)13/h4-8H,1-3H2/b6-5-. The molecule has 0 bridgehead atoms. The average molecular weight is 173 g/mol. The molecular formula is C11H11NO. The fourth-order valence-corrected chi connectivity index (χ4v) is 1.04. The van der Waals surface area contributed by atoms with E-state index in [1.54, 1.807) is 24.3 Å². The number of allylic oxidation sites excluding steroid dienone is 4. The highest BCUT2D eigenvalue weighted by Gasteiger charge is 2.19. The van der Waals surface area contributed by atoms with Gasteiger partial charge >= 0.3 is 0 Å². The number of carbonyl (C=O) groups is 1. The van der Waals surface area contributed by atoms with E-state index in [4.69, 9.17) is 0 Å². The summed E-state index contributed by atoms with van der Waals surface area (Å²) in [5, 5.41) is 0. The zero-order valence-electron chi connectivity index (χ0n) is 7.36. The van der Waals surface area contributed by atoms with Gasteiger partial charge in [-0.1, -0.05) is 31.9 Å². The van der Waals surface area contributed by atoms with E-state index in [2.05, 4.69) is 19.7 Å². The van der Waals surface area contributed by atoms with Crippen molar-refractivity contribution in [3.8, 4) is 0 Å². The molecule has 1 rings (SSSR count). The molecule has 0 aromatic heterocycles. The first-order valence-corrected chi connectivity index (χ1v) is 3.86. The summed E-state index contributed by atoms with van der Waals surface area (Å²) in [5.74, 6) is -0.108. The highest BCUT2D eigenvalue weighted by atomic mass is 16.2. The van der Waals surface area contributed by atoms with Gasteiger partial charge in [0.1, 0.15) is 0 Å². The Bertz CT molecular complexity index is 316. The van der Waals surface area contributed by atoms with Gasteiger partial charge in [-0.25, -0.2) is 0 Å². The van der Waals surface area contributed by atoms with Crippen molar-refractivity contribution in [2.45, 2.75) is 0 Å². The summed E-state index contributed by atoms with van der Waals surface area (Å²) in [5.41, 5.74) is 1.24. The van der Waals surface area contributed by atoms with Crippen molar-refractivity contribution in [2.24, 2.45) is 0 Å². The molecule has 0 atom stereocenters. The van der Waals surface area contributed by atoms with Crippen LogP contribution in [0.4, 0.5) is 0 Å². The highest BCUT2D eigenvalue weighted by Crippen LogP contribution is 2.18. The molecule has 1 aliphatic rings. The lowest BCUT2D eigenvalue weighted by Crippen LogP contribution is -2.21. The first-order valence-electron chi connectivity index (χ1n) is 3.86. The van der Waals surface area contributed by atoms with Crippen LogP contribution < -0.4 is 0 Å². The number of carbonyl (C=O) groups excluding carboxylic acids is 1. The molecule has 1 aliphatic heterocycles. The van der Waals surface area contributed by atoms with Crippen LogP contribution in [0.2, 0.25) is 0 Å². The largest absolute Gasteiger partial charge is 0.279 e. The lowest BCUT2D eigenvalue weighted by atomic mass is 10.3. The van der Waals surface area contributed by atoms with Crippen LogP contribution >= 0.6 is 0 Å². The quantitative estimate of drug-likeness (QED) is 0.599. The SMILES string of the molecule is C=C/C=C\C(=C)N1C(=C)C=CC1=O. The molecule has 13 heavy (non-hydrogen) atoms. The topological polar surface area (TPSA) is 20.3 Å². The third-order valence-electron chi connectivity index (χ3n) is 1.64. The van der Waals surface area contributed by atoms with Gasteiger partial charge in [-0.05, 0) is 12.2 Å². The van der Waals surface area contributed by atoms with Crippen LogP contribution in [0.1, 0.15) is 0 Å². The fraction of sp³-hybridized carbons (Fsp3) is 0. The Morgan fingerprint density at radius 3 is 2.62 bits per heavy atom. The summed E-state index contributed by atoms with van der Waals surface area (Å²) < 4.78 is 0. The summed E-state index contributed by atoms with van der Waals surface area (Å²) in [7, 11) is 0. The smallest absolute Gasteiger partial charge is 0.255 e. The molecule has 0 radical (unpaired) electrons. The molecule has 0 spiro atoms. The van der Waals surface area contributed by atoms with E-state index in [9.17, 15) is 4.79 Å². The van der Waals surface area contributed by atoms with Gasteiger partial charge in [0.15, 0.2) is 0 Å². The molecule has 2 heteroatoms. The Labute approximate surface area is 77.9 Å². The first kappa shape index (κ1) is 9.26. The Hall–Kier alpha value is -1.83. The monoisotopic (exact) mass is 173 g/mol. The Morgan fingerprint density at radius 1 is 1.46 bits per heavy atom. The minimum atomic E-state index is -0.108. The molecule has 0 saturated carbocycles. The van der Waals surface area contributed by atoms with Crippen LogP contribution in [0, 0.1) is 0 Å². The predicted molar refractivity (Wildman–Crippen MR) is 53.6 cm³/mol. The second-order valence-electron chi connectivity index (χ2n) is 2.58. The van der Waals surface area contributed by atoms with E-state index in [-0.39, 0.29) is 5.91 Å². The molecule has 66 valence electrons. The molecule has 0 unspecified atom stereocenters. The van der Waals surface area contributed by atoms with Gasteiger partial charge < -0.3 is 0 Å². The molecule has 0 N–H and O–H groups in total. The van der Waals surface area contributed by atoms with E-state index in [0.29, 0.717) is 11.4 Å². The zero-order valence-corrected chi connectivity index (χ0v) is 7.36. The molecular weight excluding hydrogens is 162 g/mol.